The van der Waals surface area contributed by atoms with Gasteiger partial charge >= 0.3 is 5.97 Å². The van der Waals surface area contributed by atoms with E-state index < -0.39 is 29.4 Å². The number of amides is 1. The zero-order valence-corrected chi connectivity index (χ0v) is 17.0. The third kappa shape index (κ3) is 6.82. The summed E-state index contributed by atoms with van der Waals surface area (Å²) < 4.78 is 17.8. The smallest absolute Gasteiger partial charge is 0.319 e. The highest BCUT2D eigenvalue weighted by atomic mass is 35.5. The molecule has 9 heteroatoms. The molecule has 1 unspecified atom stereocenters. The van der Waals surface area contributed by atoms with Crippen LogP contribution >= 0.6 is 35.0 Å². The average Bonchev–Trinajstić information content (AvgIpc) is 2.67. The van der Waals surface area contributed by atoms with Crippen molar-refractivity contribution < 1.29 is 23.5 Å². The van der Waals surface area contributed by atoms with E-state index in [0.29, 0.717) is 10.7 Å². The topological polar surface area (TPSA) is 72.5 Å². The molecule has 0 bridgehead atoms. The Labute approximate surface area is 175 Å². The maximum Gasteiger partial charge on any atom is 0.319 e. The average molecular weight is 444 g/mol. The van der Waals surface area contributed by atoms with Gasteiger partial charge in [0.15, 0.2) is 12.4 Å². The van der Waals surface area contributed by atoms with Crippen LogP contribution in [0.3, 0.4) is 0 Å². The first-order valence-electron chi connectivity index (χ1n) is 8.08. The predicted octanol–water partition coefficient (Wildman–Crippen LogP) is 4.62. The zero-order valence-electron chi connectivity index (χ0n) is 14.7. The van der Waals surface area contributed by atoms with Gasteiger partial charge in [-0.2, -0.15) is 0 Å². The van der Waals surface area contributed by atoms with Gasteiger partial charge in [-0.25, -0.2) is 4.39 Å². The molecule has 2 aromatic rings. The Bertz CT molecular complexity index is 877. The predicted molar refractivity (Wildman–Crippen MR) is 109 cm³/mol. The molecule has 0 spiro atoms. The number of anilines is 1. The van der Waals surface area contributed by atoms with Gasteiger partial charge in [0.1, 0.15) is 11.1 Å². The van der Waals surface area contributed by atoms with Crippen LogP contribution in [0.4, 0.5) is 10.1 Å². The SMILES string of the molecule is CC(SCC(=O)Nc1ccc(F)cc1)C(=O)OCC(=O)c1ccc(Cl)c(Cl)c1. The summed E-state index contributed by atoms with van der Waals surface area (Å²) in [6.45, 7) is 1.13. The molecule has 1 N–H and O–H groups in total. The van der Waals surface area contributed by atoms with Crippen LogP contribution in [0.2, 0.25) is 10.0 Å². The number of esters is 1. The first-order valence-corrected chi connectivity index (χ1v) is 9.88. The number of rotatable bonds is 8. The zero-order chi connectivity index (χ0) is 20.7. The van der Waals surface area contributed by atoms with Crippen molar-refractivity contribution in [3.05, 3.63) is 63.9 Å². The Kier molecular flexibility index (Phi) is 8.29. The van der Waals surface area contributed by atoms with Gasteiger partial charge in [-0.1, -0.05) is 23.2 Å². The van der Waals surface area contributed by atoms with Crippen molar-refractivity contribution in [1.82, 2.24) is 0 Å². The van der Waals surface area contributed by atoms with E-state index in [9.17, 15) is 18.8 Å². The lowest BCUT2D eigenvalue weighted by atomic mass is 10.1. The number of hydrogen-bond acceptors (Lipinski definition) is 5. The highest BCUT2D eigenvalue weighted by molar-refractivity contribution is 8.01. The lowest BCUT2D eigenvalue weighted by Crippen LogP contribution is -2.23. The number of benzene rings is 2. The number of halogens is 3. The van der Waals surface area contributed by atoms with E-state index in [2.05, 4.69) is 5.32 Å². The molecule has 148 valence electrons. The van der Waals surface area contributed by atoms with Gasteiger partial charge in [-0.15, -0.1) is 11.8 Å². The molecule has 0 heterocycles. The lowest BCUT2D eigenvalue weighted by molar-refractivity contribution is -0.141. The van der Waals surface area contributed by atoms with Gasteiger partial charge in [0, 0.05) is 11.3 Å². The van der Waals surface area contributed by atoms with Crippen molar-refractivity contribution >= 4 is 58.3 Å². The van der Waals surface area contributed by atoms with E-state index in [1.165, 1.54) is 42.5 Å². The minimum absolute atomic E-state index is 0.00557. The number of ketones is 1. The maximum absolute atomic E-state index is 12.8. The molecule has 0 aliphatic heterocycles. The van der Waals surface area contributed by atoms with E-state index in [4.69, 9.17) is 27.9 Å². The molecule has 5 nitrogen and oxygen atoms in total. The molecule has 2 aromatic carbocycles. The molecular formula is C19H16Cl2FNO4S. The van der Waals surface area contributed by atoms with Gasteiger partial charge in [0.05, 0.1) is 15.8 Å². The lowest BCUT2D eigenvalue weighted by Gasteiger charge is -2.11. The third-order valence-electron chi connectivity index (χ3n) is 3.51. The molecule has 1 atom stereocenters. The normalized spacial score (nSPS) is 11.6. The Morgan fingerprint density at radius 3 is 2.43 bits per heavy atom. The van der Waals surface area contributed by atoms with Crippen LogP contribution in [-0.2, 0) is 14.3 Å². The van der Waals surface area contributed by atoms with Crippen LogP contribution in [0.15, 0.2) is 42.5 Å². The molecule has 0 aliphatic rings. The van der Waals surface area contributed by atoms with Crippen molar-refractivity contribution in [1.29, 1.82) is 0 Å². The highest BCUT2D eigenvalue weighted by Crippen LogP contribution is 2.23. The molecule has 0 radical (unpaired) electrons. The van der Waals surface area contributed by atoms with Crippen molar-refractivity contribution in [2.45, 2.75) is 12.2 Å². The van der Waals surface area contributed by atoms with Gasteiger partial charge in [-0.3, -0.25) is 14.4 Å². The molecule has 0 fully saturated rings. The van der Waals surface area contributed by atoms with Gasteiger partial charge in [0.25, 0.3) is 0 Å². The number of hydrogen-bond donors (Lipinski definition) is 1. The van der Waals surface area contributed by atoms with Crippen molar-refractivity contribution in [2.24, 2.45) is 0 Å². The Hall–Kier alpha value is -2.09. The van der Waals surface area contributed by atoms with Crippen LogP contribution in [0.25, 0.3) is 0 Å². The Morgan fingerprint density at radius 2 is 1.79 bits per heavy atom. The summed E-state index contributed by atoms with van der Waals surface area (Å²) in [5.41, 5.74) is 0.732. The monoisotopic (exact) mass is 443 g/mol. The molecule has 1 amide bonds. The molecule has 0 aromatic heterocycles. The minimum atomic E-state index is -0.652. The van der Waals surface area contributed by atoms with Gasteiger partial charge in [-0.05, 0) is 49.4 Å². The summed E-state index contributed by atoms with van der Waals surface area (Å²) in [5.74, 6) is -1.79. The summed E-state index contributed by atoms with van der Waals surface area (Å²) in [5, 5.41) is 2.49. The Balaban J connectivity index is 1.75. The van der Waals surface area contributed by atoms with Crippen molar-refractivity contribution in [2.75, 3.05) is 17.7 Å². The molecule has 28 heavy (non-hydrogen) atoms. The van der Waals surface area contributed by atoms with Gasteiger partial charge < -0.3 is 10.1 Å². The highest BCUT2D eigenvalue weighted by Gasteiger charge is 2.19. The summed E-state index contributed by atoms with van der Waals surface area (Å²) >= 11 is 12.7. The number of nitrogens with one attached hydrogen (secondary N) is 1. The third-order valence-corrected chi connectivity index (χ3v) is 5.37. The fourth-order valence-electron chi connectivity index (χ4n) is 2.01. The van der Waals surface area contributed by atoms with Crippen LogP contribution in [0.5, 0.6) is 0 Å². The number of carbonyl (C=O) groups is 3. The number of Topliss-reactive ketones (excluding diaryl/α,β-unsaturated/α-hetero) is 1. The van der Waals surface area contributed by atoms with Crippen molar-refractivity contribution in [3.8, 4) is 0 Å². The fourth-order valence-corrected chi connectivity index (χ4v) is 2.98. The first-order chi connectivity index (χ1) is 13.3. The van der Waals surface area contributed by atoms with E-state index in [0.717, 1.165) is 11.8 Å². The second-order valence-corrected chi connectivity index (χ2v) is 7.81. The number of thioether (sulfide) groups is 1. The van der Waals surface area contributed by atoms with Crippen LogP contribution < -0.4 is 5.32 Å². The van der Waals surface area contributed by atoms with E-state index in [-0.39, 0.29) is 22.2 Å². The number of carbonyl (C=O) groups excluding carboxylic acids is 3. The van der Waals surface area contributed by atoms with E-state index in [1.54, 1.807) is 6.92 Å². The van der Waals surface area contributed by atoms with E-state index >= 15 is 0 Å². The standard InChI is InChI=1S/C19H16Cl2FNO4S/c1-11(28-10-18(25)23-14-5-3-13(22)4-6-14)19(26)27-9-17(24)12-2-7-15(20)16(21)8-12/h2-8,11H,9-10H2,1H3,(H,23,25). The van der Waals surface area contributed by atoms with Crippen molar-refractivity contribution in [3.63, 3.8) is 0 Å². The molecular weight excluding hydrogens is 428 g/mol. The summed E-state index contributed by atoms with van der Waals surface area (Å²) in [6, 6.07) is 9.70. The molecule has 0 aliphatic carbocycles. The minimum Gasteiger partial charge on any atom is -0.456 e. The van der Waals surface area contributed by atoms with Gasteiger partial charge in [0.2, 0.25) is 5.91 Å². The summed E-state index contributed by atoms with van der Waals surface area (Å²) in [4.78, 5) is 35.9. The Morgan fingerprint density at radius 1 is 1.11 bits per heavy atom. The maximum atomic E-state index is 12.8. The quantitative estimate of drug-likeness (QED) is 0.475. The second kappa shape index (κ2) is 10.5. The molecule has 2 rings (SSSR count). The summed E-state index contributed by atoms with van der Waals surface area (Å²) in [6.07, 6.45) is 0. The molecule has 0 saturated heterocycles. The second-order valence-electron chi connectivity index (χ2n) is 5.67. The summed E-state index contributed by atoms with van der Waals surface area (Å²) in [7, 11) is 0. The fraction of sp³-hybridized carbons (Fsp3) is 0.211. The largest absolute Gasteiger partial charge is 0.456 e. The molecule has 0 saturated carbocycles. The van der Waals surface area contributed by atoms with Crippen LogP contribution in [0.1, 0.15) is 17.3 Å². The number of ether oxygens (including phenoxy) is 1. The van der Waals surface area contributed by atoms with Crippen LogP contribution in [-0.4, -0.2) is 35.3 Å². The first kappa shape index (κ1) is 22.2. The van der Waals surface area contributed by atoms with E-state index in [1.807, 2.05) is 0 Å². The van der Waals surface area contributed by atoms with Crippen LogP contribution in [0, 0.1) is 5.82 Å².